The number of rotatable bonds is 6. The van der Waals surface area contributed by atoms with Crippen molar-refractivity contribution < 1.29 is 9.72 Å². The van der Waals surface area contributed by atoms with Crippen molar-refractivity contribution in [1.29, 1.82) is 0 Å². The number of carbonyl (C=O) groups excluding carboxylic acids is 1. The van der Waals surface area contributed by atoms with E-state index in [9.17, 15) is 14.9 Å². The van der Waals surface area contributed by atoms with Crippen LogP contribution in [-0.2, 0) is 4.79 Å². The van der Waals surface area contributed by atoms with E-state index in [0.717, 1.165) is 29.8 Å². The number of hydrogen-bond acceptors (Lipinski definition) is 4. The van der Waals surface area contributed by atoms with Gasteiger partial charge in [-0.15, -0.1) is 0 Å². The Morgan fingerprint density at radius 3 is 2.36 bits per heavy atom. The maximum atomic E-state index is 11.8. The highest BCUT2D eigenvalue weighted by atomic mass is 16.6. The van der Waals surface area contributed by atoms with Gasteiger partial charge in [0.2, 0.25) is 5.91 Å². The van der Waals surface area contributed by atoms with Gasteiger partial charge in [-0.25, -0.2) is 0 Å². The van der Waals surface area contributed by atoms with E-state index in [4.69, 9.17) is 0 Å². The molecule has 2 N–H and O–H groups in total. The molecule has 1 aliphatic carbocycles. The van der Waals surface area contributed by atoms with Crippen LogP contribution in [0.4, 0.5) is 17.1 Å². The predicted molar refractivity (Wildman–Crippen MR) is 97.7 cm³/mol. The van der Waals surface area contributed by atoms with Crippen LogP contribution in [0.3, 0.4) is 0 Å². The van der Waals surface area contributed by atoms with E-state index in [2.05, 4.69) is 10.6 Å². The van der Waals surface area contributed by atoms with Crippen LogP contribution in [0.1, 0.15) is 36.9 Å². The molecule has 0 saturated heterocycles. The average molecular weight is 339 g/mol. The molecule has 0 heterocycles. The van der Waals surface area contributed by atoms with Crippen molar-refractivity contribution in [2.45, 2.75) is 32.7 Å². The number of nitrogens with zero attached hydrogens (tertiary/aromatic N) is 1. The van der Waals surface area contributed by atoms with Crippen LogP contribution in [0.2, 0.25) is 0 Å². The molecule has 6 heteroatoms. The molecule has 0 spiro atoms. The predicted octanol–water partition coefficient (Wildman–Crippen LogP) is 4.42. The van der Waals surface area contributed by atoms with Crippen LogP contribution >= 0.6 is 0 Å². The molecule has 2 aromatic rings. The van der Waals surface area contributed by atoms with Gasteiger partial charge in [0.25, 0.3) is 5.69 Å². The minimum atomic E-state index is -0.378. The number of hydrogen-bond donors (Lipinski definition) is 2. The second kappa shape index (κ2) is 6.93. The zero-order valence-electron chi connectivity index (χ0n) is 14.3. The molecule has 2 aromatic carbocycles. The lowest BCUT2D eigenvalue weighted by atomic mass is 10.1. The Morgan fingerprint density at radius 1 is 1.16 bits per heavy atom. The first kappa shape index (κ1) is 17.0. The Balaban J connectivity index is 1.64. The van der Waals surface area contributed by atoms with Gasteiger partial charge in [-0.1, -0.05) is 12.1 Å². The Bertz CT molecular complexity index is 798. The minimum Gasteiger partial charge on any atom is -0.379 e. The molecule has 0 bridgehead atoms. The van der Waals surface area contributed by atoms with Gasteiger partial charge in [-0.05, 0) is 56.5 Å². The molecule has 3 rings (SSSR count). The van der Waals surface area contributed by atoms with E-state index in [1.54, 1.807) is 19.1 Å². The topological polar surface area (TPSA) is 84.3 Å². The smallest absolute Gasteiger partial charge is 0.272 e. The second-order valence-corrected chi connectivity index (χ2v) is 6.51. The monoisotopic (exact) mass is 339 g/mol. The number of anilines is 2. The number of aryl methyl sites for hydroxylation is 1. The molecule has 1 amide bonds. The third-order valence-electron chi connectivity index (χ3n) is 4.40. The molecule has 130 valence electrons. The van der Waals surface area contributed by atoms with Crippen LogP contribution in [0, 0.1) is 23.0 Å². The van der Waals surface area contributed by atoms with Crippen molar-refractivity contribution in [2.24, 2.45) is 5.92 Å². The Labute approximate surface area is 146 Å². The highest BCUT2D eigenvalue weighted by Crippen LogP contribution is 2.30. The molecule has 1 atom stereocenters. The Morgan fingerprint density at radius 2 is 1.80 bits per heavy atom. The summed E-state index contributed by atoms with van der Waals surface area (Å²) in [4.78, 5) is 22.3. The highest BCUT2D eigenvalue weighted by Gasteiger charge is 2.29. The number of nitro benzene ring substituents is 1. The minimum absolute atomic E-state index is 0.0361. The largest absolute Gasteiger partial charge is 0.379 e. The zero-order chi connectivity index (χ0) is 18.0. The molecule has 6 nitrogen and oxygen atoms in total. The molecule has 1 aliphatic rings. The SMILES string of the molecule is Cc1cc(NC(C)c2ccc(NC(=O)C3CC3)cc2)ccc1[N+](=O)[O-]. The van der Waals surface area contributed by atoms with Crippen LogP contribution in [0.5, 0.6) is 0 Å². The Kier molecular flexibility index (Phi) is 4.70. The van der Waals surface area contributed by atoms with Gasteiger partial charge in [0.05, 0.1) is 4.92 Å². The molecule has 1 unspecified atom stereocenters. The summed E-state index contributed by atoms with van der Waals surface area (Å²) >= 11 is 0. The zero-order valence-corrected chi connectivity index (χ0v) is 14.3. The van der Waals surface area contributed by atoms with Crippen LogP contribution in [-0.4, -0.2) is 10.8 Å². The second-order valence-electron chi connectivity index (χ2n) is 6.51. The fourth-order valence-electron chi connectivity index (χ4n) is 2.73. The van der Waals surface area contributed by atoms with Crippen LogP contribution in [0.25, 0.3) is 0 Å². The lowest BCUT2D eigenvalue weighted by Gasteiger charge is -2.17. The number of carbonyl (C=O) groups is 1. The summed E-state index contributed by atoms with van der Waals surface area (Å²) < 4.78 is 0. The molecule has 1 fully saturated rings. The molecule has 0 aromatic heterocycles. The van der Waals surface area contributed by atoms with Crippen molar-refractivity contribution >= 4 is 23.0 Å². The molecule has 0 aliphatic heterocycles. The van der Waals surface area contributed by atoms with Crippen LogP contribution < -0.4 is 10.6 Å². The van der Waals surface area contributed by atoms with Crippen molar-refractivity contribution in [3.8, 4) is 0 Å². The third kappa shape index (κ3) is 4.15. The molecule has 1 saturated carbocycles. The molecular weight excluding hydrogens is 318 g/mol. The van der Waals surface area contributed by atoms with Gasteiger partial charge < -0.3 is 10.6 Å². The van der Waals surface area contributed by atoms with E-state index in [1.807, 2.05) is 31.2 Å². The third-order valence-corrected chi connectivity index (χ3v) is 4.40. The van der Waals surface area contributed by atoms with E-state index < -0.39 is 0 Å². The number of amides is 1. The average Bonchev–Trinajstić information content (AvgIpc) is 3.40. The maximum absolute atomic E-state index is 11.8. The van der Waals surface area contributed by atoms with E-state index in [-0.39, 0.29) is 28.5 Å². The molecule has 25 heavy (non-hydrogen) atoms. The first-order valence-corrected chi connectivity index (χ1v) is 8.36. The summed E-state index contributed by atoms with van der Waals surface area (Å²) in [6.07, 6.45) is 1.97. The lowest BCUT2D eigenvalue weighted by molar-refractivity contribution is -0.385. The standard InChI is InChI=1S/C19H21N3O3/c1-12-11-17(9-10-18(12)22(24)25)20-13(2)14-5-7-16(8-6-14)21-19(23)15-3-4-15/h5-11,13,15,20H,3-4H2,1-2H3,(H,21,23). The van der Waals surface area contributed by atoms with Crippen molar-refractivity contribution in [2.75, 3.05) is 10.6 Å². The molecule has 0 radical (unpaired) electrons. The quantitative estimate of drug-likeness (QED) is 0.602. The number of nitrogens with one attached hydrogen (secondary N) is 2. The van der Waals surface area contributed by atoms with Crippen molar-refractivity contribution in [3.63, 3.8) is 0 Å². The maximum Gasteiger partial charge on any atom is 0.272 e. The first-order chi connectivity index (χ1) is 11.9. The molecular formula is C19H21N3O3. The lowest BCUT2D eigenvalue weighted by Crippen LogP contribution is -2.13. The normalized spacial score (nSPS) is 14.6. The van der Waals surface area contributed by atoms with Crippen molar-refractivity contribution in [3.05, 3.63) is 63.7 Å². The summed E-state index contributed by atoms with van der Waals surface area (Å²) in [5.74, 6) is 0.283. The van der Waals surface area contributed by atoms with E-state index in [0.29, 0.717) is 5.56 Å². The Hall–Kier alpha value is -2.89. The van der Waals surface area contributed by atoms with E-state index in [1.165, 1.54) is 6.07 Å². The highest BCUT2D eigenvalue weighted by molar-refractivity contribution is 5.94. The van der Waals surface area contributed by atoms with Crippen LogP contribution in [0.15, 0.2) is 42.5 Å². The van der Waals surface area contributed by atoms with Gasteiger partial charge in [-0.3, -0.25) is 14.9 Å². The van der Waals surface area contributed by atoms with E-state index >= 15 is 0 Å². The van der Waals surface area contributed by atoms with Gasteiger partial charge in [0.1, 0.15) is 0 Å². The summed E-state index contributed by atoms with van der Waals surface area (Å²) in [5.41, 5.74) is 3.45. The number of benzene rings is 2. The summed E-state index contributed by atoms with van der Waals surface area (Å²) in [6.45, 7) is 3.75. The van der Waals surface area contributed by atoms with Crippen molar-refractivity contribution in [1.82, 2.24) is 0 Å². The summed E-state index contributed by atoms with van der Waals surface area (Å²) in [6, 6.07) is 12.8. The van der Waals surface area contributed by atoms with Gasteiger partial charge in [-0.2, -0.15) is 0 Å². The summed E-state index contributed by atoms with van der Waals surface area (Å²) in [7, 11) is 0. The summed E-state index contributed by atoms with van der Waals surface area (Å²) in [5, 5.41) is 17.2. The number of nitro groups is 1. The van der Waals surface area contributed by atoms with Gasteiger partial charge in [0.15, 0.2) is 0 Å². The fraction of sp³-hybridized carbons (Fsp3) is 0.316. The first-order valence-electron chi connectivity index (χ1n) is 8.36. The van der Waals surface area contributed by atoms with Gasteiger partial charge >= 0.3 is 0 Å². The van der Waals surface area contributed by atoms with Gasteiger partial charge in [0, 0.05) is 35.0 Å². The fourth-order valence-corrected chi connectivity index (χ4v) is 2.73.